The largest absolute Gasteiger partial charge is 0.493 e. The summed E-state index contributed by atoms with van der Waals surface area (Å²) in [6.07, 6.45) is 2.08. The van der Waals surface area contributed by atoms with E-state index in [9.17, 15) is 13.2 Å². The standard InChI is InChI=1S/C25H33N3O6S/c1-26(18-19-7-6-8-23(32-2)24(19)33-3)25(29)21-17-20(9-10-22(21)27-11-4-5-12-27)35(30,31)28-13-15-34-16-14-28/h6-10,17H,4-5,11-16,18H2,1-3H3. The molecule has 4 rings (SSSR count). The Hall–Kier alpha value is -2.82. The molecular weight excluding hydrogens is 470 g/mol. The number of sulfonamides is 1. The van der Waals surface area contributed by atoms with Crippen LogP contribution in [0.1, 0.15) is 28.8 Å². The molecule has 2 fully saturated rings. The van der Waals surface area contributed by atoms with Crippen LogP contribution in [-0.2, 0) is 21.3 Å². The molecule has 2 aliphatic heterocycles. The predicted molar refractivity (Wildman–Crippen MR) is 133 cm³/mol. The normalized spacial score (nSPS) is 16.8. The smallest absolute Gasteiger partial charge is 0.256 e. The Balaban J connectivity index is 1.68. The molecule has 190 valence electrons. The van der Waals surface area contributed by atoms with E-state index in [0.29, 0.717) is 43.4 Å². The number of anilines is 1. The third-order valence-corrected chi connectivity index (χ3v) is 8.39. The van der Waals surface area contributed by atoms with E-state index in [1.807, 2.05) is 12.1 Å². The SMILES string of the molecule is COc1cccc(CN(C)C(=O)c2cc(S(=O)(=O)N3CCOCC3)ccc2N2CCCC2)c1OC. The topological polar surface area (TPSA) is 88.6 Å². The average Bonchev–Trinajstić information content (AvgIpc) is 3.43. The quantitative estimate of drug-likeness (QED) is 0.547. The molecular formula is C25H33N3O6S. The second kappa shape index (κ2) is 10.8. The second-order valence-electron chi connectivity index (χ2n) is 8.70. The van der Waals surface area contributed by atoms with Gasteiger partial charge in [0.2, 0.25) is 10.0 Å². The number of nitrogens with zero attached hydrogens (tertiary/aromatic N) is 3. The van der Waals surface area contributed by atoms with Gasteiger partial charge in [-0.05, 0) is 37.1 Å². The van der Waals surface area contributed by atoms with Gasteiger partial charge in [-0.25, -0.2) is 8.42 Å². The first kappa shape index (κ1) is 25.3. The lowest BCUT2D eigenvalue weighted by Crippen LogP contribution is -2.40. The summed E-state index contributed by atoms with van der Waals surface area (Å²) < 4.78 is 44.3. The van der Waals surface area contributed by atoms with Crippen LogP contribution in [-0.4, -0.2) is 84.2 Å². The van der Waals surface area contributed by atoms with Crippen LogP contribution in [0.15, 0.2) is 41.3 Å². The molecule has 2 aliphatic rings. The minimum atomic E-state index is -3.74. The number of morpholine rings is 1. The molecule has 1 amide bonds. The van der Waals surface area contributed by atoms with Crippen molar-refractivity contribution < 1.29 is 27.4 Å². The molecule has 0 saturated carbocycles. The Morgan fingerprint density at radius 2 is 1.74 bits per heavy atom. The van der Waals surface area contributed by atoms with Crippen LogP contribution in [0.5, 0.6) is 11.5 Å². The fourth-order valence-electron chi connectivity index (χ4n) is 4.63. The maximum Gasteiger partial charge on any atom is 0.256 e. The van der Waals surface area contributed by atoms with Crippen molar-refractivity contribution in [1.82, 2.24) is 9.21 Å². The predicted octanol–water partition coefficient (Wildman–Crippen LogP) is 2.60. The summed E-state index contributed by atoms with van der Waals surface area (Å²) in [5, 5.41) is 0. The van der Waals surface area contributed by atoms with Crippen LogP contribution in [0.3, 0.4) is 0 Å². The van der Waals surface area contributed by atoms with Gasteiger partial charge in [0.15, 0.2) is 11.5 Å². The van der Waals surface area contributed by atoms with E-state index in [1.54, 1.807) is 44.4 Å². The zero-order chi connectivity index (χ0) is 25.0. The Bertz CT molecular complexity index is 1160. The number of carbonyl (C=O) groups is 1. The van der Waals surface area contributed by atoms with Crippen molar-refractivity contribution in [2.24, 2.45) is 0 Å². The molecule has 0 aromatic heterocycles. The summed E-state index contributed by atoms with van der Waals surface area (Å²) in [5.41, 5.74) is 1.94. The number of benzene rings is 2. The monoisotopic (exact) mass is 503 g/mol. The van der Waals surface area contributed by atoms with Crippen LogP contribution < -0.4 is 14.4 Å². The summed E-state index contributed by atoms with van der Waals surface area (Å²) in [6.45, 7) is 3.28. The van der Waals surface area contributed by atoms with E-state index < -0.39 is 10.0 Å². The summed E-state index contributed by atoms with van der Waals surface area (Å²) >= 11 is 0. The second-order valence-corrected chi connectivity index (χ2v) is 10.6. The Morgan fingerprint density at radius 3 is 2.40 bits per heavy atom. The first-order chi connectivity index (χ1) is 16.9. The molecule has 2 aromatic rings. The number of ether oxygens (including phenoxy) is 3. The van der Waals surface area contributed by atoms with Gasteiger partial charge in [0.25, 0.3) is 5.91 Å². The highest BCUT2D eigenvalue weighted by atomic mass is 32.2. The maximum atomic E-state index is 13.7. The molecule has 10 heteroatoms. The lowest BCUT2D eigenvalue weighted by Gasteiger charge is -2.28. The number of amides is 1. The van der Waals surface area contributed by atoms with Crippen molar-refractivity contribution in [3.05, 3.63) is 47.5 Å². The van der Waals surface area contributed by atoms with Gasteiger partial charge in [-0.2, -0.15) is 4.31 Å². The van der Waals surface area contributed by atoms with Crippen LogP contribution in [0.25, 0.3) is 0 Å². The first-order valence-corrected chi connectivity index (χ1v) is 13.2. The van der Waals surface area contributed by atoms with E-state index in [1.165, 1.54) is 10.4 Å². The van der Waals surface area contributed by atoms with E-state index in [-0.39, 0.29) is 17.3 Å². The van der Waals surface area contributed by atoms with Gasteiger partial charge >= 0.3 is 0 Å². The molecule has 9 nitrogen and oxygen atoms in total. The number of hydrogen-bond acceptors (Lipinski definition) is 7. The maximum absolute atomic E-state index is 13.7. The molecule has 2 saturated heterocycles. The molecule has 0 spiro atoms. The van der Waals surface area contributed by atoms with Crippen molar-refractivity contribution in [3.63, 3.8) is 0 Å². The number of para-hydroxylation sites is 1. The zero-order valence-electron chi connectivity index (χ0n) is 20.5. The van der Waals surface area contributed by atoms with Crippen molar-refractivity contribution >= 4 is 21.6 Å². The fourth-order valence-corrected chi connectivity index (χ4v) is 6.06. The van der Waals surface area contributed by atoms with E-state index in [0.717, 1.165) is 37.2 Å². The van der Waals surface area contributed by atoms with E-state index in [2.05, 4.69) is 4.90 Å². The van der Waals surface area contributed by atoms with Gasteiger partial charge in [-0.15, -0.1) is 0 Å². The molecule has 0 N–H and O–H groups in total. The molecule has 2 aromatic carbocycles. The third kappa shape index (κ3) is 5.24. The molecule has 2 heterocycles. The van der Waals surface area contributed by atoms with Gasteiger partial charge in [0.05, 0.1) is 37.9 Å². The minimum Gasteiger partial charge on any atom is -0.493 e. The highest BCUT2D eigenvalue weighted by Crippen LogP contribution is 2.33. The molecule has 0 aliphatic carbocycles. The first-order valence-electron chi connectivity index (χ1n) is 11.8. The lowest BCUT2D eigenvalue weighted by molar-refractivity contribution is 0.0730. The van der Waals surface area contributed by atoms with Gasteiger partial charge in [0, 0.05) is 51.0 Å². The summed E-state index contributed by atoms with van der Waals surface area (Å²) in [4.78, 5) is 17.6. The molecule has 0 bridgehead atoms. The summed E-state index contributed by atoms with van der Waals surface area (Å²) in [7, 11) is 1.10. The number of hydrogen-bond donors (Lipinski definition) is 0. The third-order valence-electron chi connectivity index (χ3n) is 6.49. The molecule has 0 radical (unpaired) electrons. The van der Waals surface area contributed by atoms with Gasteiger partial charge in [0.1, 0.15) is 0 Å². The number of methoxy groups -OCH3 is 2. The van der Waals surface area contributed by atoms with Gasteiger partial charge in [-0.3, -0.25) is 4.79 Å². The lowest BCUT2D eigenvalue weighted by atomic mass is 10.1. The average molecular weight is 504 g/mol. The van der Waals surface area contributed by atoms with Crippen molar-refractivity contribution in [1.29, 1.82) is 0 Å². The highest BCUT2D eigenvalue weighted by molar-refractivity contribution is 7.89. The Labute approximate surface area is 207 Å². The molecule has 0 atom stereocenters. The van der Waals surface area contributed by atoms with Gasteiger partial charge in [-0.1, -0.05) is 12.1 Å². The van der Waals surface area contributed by atoms with Crippen molar-refractivity contribution in [2.45, 2.75) is 24.3 Å². The fraction of sp³-hybridized carbons (Fsp3) is 0.480. The Kier molecular flexibility index (Phi) is 7.83. The summed E-state index contributed by atoms with van der Waals surface area (Å²) in [6, 6.07) is 10.4. The van der Waals surface area contributed by atoms with Gasteiger partial charge < -0.3 is 24.0 Å². The number of carbonyl (C=O) groups excluding carboxylic acids is 1. The van der Waals surface area contributed by atoms with Crippen LogP contribution >= 0.6 is 0 Å². The molecule has 35 heavy (non-hydrogen) atoms. The number of rotatable bonds is 8. The molecule has 0 unspecified atom stereocenters. The van der Waals surface area contributed by atoms with Crippen molar-refractivity contribution in [3.8, 4) is 11.5 Å². The summed E-state index contributed by atoms with van der Waals surface area (Å²) in [5.74, 6) is 0.899. The van der Waals surface area contributed by atoms with Crippen LogP contribution in [0.4, 0.5) is 5.69 Å². The van der Waals surface area contributed by atoms with E-state index >= 15 is 0 Å². The van der Waals surface area contributed by atoms with E-state index in [4.69, 9.17) is 14.2 Å². The van der Waals surface area contributed by atoms with Crippen molar-refractivity contribution in [2.75, 3.05) is 65.6 Å². The van der Waals surface area contributed by atoms with Crippen LogP contribution in [0.2, 0.25) is 0 Å². The zero-order valence-corrected chi connectivity index (χ0v) is 21.3. The highest BCUT2D eigenvalue weighted by Gasteiger charge is 2.30. The Morgan fingerprint density at radius 1 is 1.03 bits per heavy atom. The van der Waals surface area contributed by atoms with Crippen LogP contribution in [0, 0.1) is 0 Å². The minimum absolute atomic E-state index is 0.123.